The monoisotopic (exact) mass is 295 g/mol. The number of nitro groups is 1. The number of allylic oxidation sites excluding steroid dienone is 2. The molecule has 7 heteroatoms. The first-order valence-corrected chi connectivity index (χ1v) is 6.33. The predicted octanol–water partition coefficient (Wildman–Crippen LogP) is 2.36. The van der Waals surface area contributed by atoms with Gasteiger partial charge in [-0.05, 0) is 24.3 Å². The number of nitrogens with zero attached hydrogens (tertiary/aromatic N) is 2. The van der Waals surface area contributed by atoms with E-state index < -0.39 is 4.92 Å². The number of pyridine rings is 1. The normalized spacial score (nSPS) is 13.4. The van der Waals surface area contributed by atoms with Gasteiger partial charge in [0.25, 0.3) is 5.69 Å². The molecule has 108 valence electrons. The van der Waals surface area contributed by atoms with E-state index in [1.54, 1.807) is 6.07 Å². The van der Waals surface area contributed by atoms with Crippen LogP contribution in [-0.4, -0.2) is 21.5 Å². The lowest BCUT2D eigenvalue weighted by Crippen LogP contribution is -2.22. The van der Waals surface area contributed by atoms with Crippen molar-refractivity contribution < 1.29 is 14.5 Å². The van der Waals surface area contributed by atoms with Crippen LogP contribution < -0.4 is 5.32 Å². The van der Waals surface area contributed by atoms with Crippen LogP contribution in [0.25, 0.3) is 0 Å². The highest BCUT2D eigenvalue weighted by Gasteiger charge is 2.26. The van der Waals surface area contributed by atoms with Gasteiger partial charge in [-0.25, -0.2) is 0 Å². The number of rotatable bonds is 3. The standard InChI is InChI=1S/C15H9N3O4/c19-13-8-12(15(20)11-2-1-7-16-14(11)13)17-9-3-5-10(6-4-9)18(21)22/h1-8,17H. The minimum Gasteiger partial charge on any atom is -0.352 e. The van der Waals surface area contributed by atoms with Gasteiger partial charge in [0.1, 0.15) is 5.69 Å². The Hall–Kier alpha value is -3.35. The van der Waals surface area contributed by atoms with Crippen molar-refractivity contribution in [2.24, 2.45) is 0 Å². The first-order chi connectivity index (χ1) is 10.6. The highest BCUT2D eigenvalue weighted by Crippen LogP contribution is 2.22. The lowest BCUT2D eigenvalue weighted by Gasteiger charge is -2.15. The molecule has 0 saturated heterocycles. The van der Waals surface area contributed by atoms with Crippen LogP contribution in [0.4, 0.5) is 11.4 Å². The molecule has 0 atom stereocenters. The van der Waals surface area contributed by atoms with Crippen molar-refractivity contribution in [2.75, 3.05) is 5.32 Å². The van der Waals surface area contributed by atoms with Gasteiger partial charge in [0.2, 0.25) is 11.6 Å². The number of nitrogens with one attached hydrogen (secondary N) is 1. The molecule has 1 aromatic heterocycles. The summed E-state index contributed by atoms with van der Waals surface area (Å²) in [7, 11) is 0. The van der Waals surface area contributed by atoms with E-state index in [1.807, 2.05) is 0 Å². The van der Waals surface area contributed by atoms with E-state index in [0.717, 1.165) is 0 Å². The summed E-state index contributed by atoms with van der Waals surface area (Å²) in [6.07, 6.45) is 2.63. The van der Waals surface area contributed by atoms with Gasteiger partial charge in [0, 0.05) is 30.1 Å². The van der Waals surface area contributed by atoms with Gasteiger partial charge in [0.05, 0.1) is 16.2 Å². The quantitative estimate of drug-likeness (QED) is 0.688. The molecule has 1 aliphatic carbocycles. The first kappa shape index (κ1) is 13.6. The summed E-state index contributed by atoms with van der Waals surface area (Å²) in [5, 5.41) is 13.4. The van der Waals surface area contributed by atoms with Crippen LogP contribution in [-0.2, 0) is 0 Å². The van der Waals surface area contributed by atoms with Gasteiger partial charge in [0.15, 0.2) is 0 Å². The number of carbonyl (C=O) groups excluding carboxylic acids is 2. The van der Waals surface area contributed by atoms with Crippen molar-refractivity contribution in [2.45, 2.75) is 0 Å². The molecule has 1 aliphatic rings. The molecular weight excluding hydrogens is 286 g/mol. The van der Waals surface area contributed by atoms with E-state index in [0.29, 0.717) is 5.69 Å². The van der Waals surface area contributed by atoms with E-state index in [4.69, 9.17) is 0 Å². The van der Waals surface area contributed by atoms with Crippen LogP contribution in [0, 0.1) is 10.1 Å². The van der Waals surface area contributed by atoms with E-state index in [2.05, 4.69) is 10.3 Å². The van der Waals surface area contributed by atoms with Gasteiger partial charge in [-0.15, -0.1) is 0 Å². The molecule has 7 nitrogen and oxygen atoms in total. The molecule has 0 fully saturated rings. The van der Waals surface area contributed by atoms with Crippen molar-refractivity contribution in [3.63, 3.8) is 0 Å². The van der Waals surface area contributed by atoms with Crippen molar-refractivity contribution in [3.05, 3.63) is 75.7 Å². The maximum absolute atomic E-state index is 12.3. The van der Waals surface area contributed by atoms with E-state index in [9.17, 15) is 19.7 Å². The predicted molar refractivity (Wildman–Crippen MR) is 77.7 cm³/mol. The molecule has 0 spiro atoms. The molecule has 0 radical (unpaired) electrons. The second kappa shape index (κ2) is 5.21. The average molecular weight is 295 g/mol. The van der Waals surface area contributed by atoms with Crippen LogP contribution in [0.5, 0.6) is 0 Å². The van der Waals surface area contributed by atoms with Crippen LogP contribution in [0.3, 0.4) is 0 Å². The van der Waals surface area contributed by atoms with E-state index >= 15 is 0 Å². The Morgan fingerprint density at radius 1 is 1.09 bits per heavy atom. The highest BCUT2D eigenvalue weighted by atomic mass is 16.6. The molecule has 0 amide bonds. The molecule has 22 heavy (non-hydrogen) atoms. The topological polar surface area (TPSA) is 102 Å². The second-order valence-electron chi connectivity index (χ2n) is 4.58. The minimum atomic E-state index is -0.514. The van der Waals surface area contributed by atoms with Crippen LogP contribution in [0.2, 0.25) is 0 Å². The number of benzene rings is 1. The van der Waals surface area contributed by atoms with Crippen LogP contribution >= 0.6 is 0 Å². The molecule has 1 heterocycles. The Kier molecular flexibility index (Phi) is 3.23. The SMILES string of the molecule is O=C1C(Nc2ccc([N+](=O)[O-])cc2)=CC(=O)c2ncccc21. The summed E-state index contributed by atoms with van der Waals surface area (Å²) < 4.78 is 0. The third kappa shape index (κ3) is 2.35. The fraction of sp³-hybridized carbons (Fsp3) is 0. The zero-order chi connectivity index (χ0) is 15.7. The number of anilines is 1. The van der Waals surface area contributed by atoms with Crippen LogP contribution in [0.1, 0.15) is 20.8 Å². The molecule has 0 saturated carbocycles. The number of non-ortho nitro benzene ring substituents is 1. The number of Topliss-reactive ketones (excluding diaryl/α,β-unsaturated/α-hetero) is 1. The first-order valence-electron chi connectivity index (χ1n) is 6.33. The van der Waals surface area contributed by atoms with Crippen molar-refractivity contribution in [1.82, 2.24) is 4.98 Å². The Morgan fingerprint density at radius 3 is 2.50 bits per heavy atom. The van der Waals surface area contributed by atoms with Gasteiger partial charge < -0.3 is 5.32 Å². The summed E-state index contributed by atoms with van der Waals surface area (Å²) in [6.45, 7) is 0. The molecule has 1 N–H and O–H groups in total. The number of ketones is 2. The molecule has 3 rings (SSSR count). The lowest BCUT2D eigenvalue weighted by molar-refractivity contribution is -0.384. The molecule has 0 bridgehead atoms. The number of carbonyl (C=O) groups is 2. The number of hydrogen-bond acceptors (Lipinski definition) is 6. The zero-order valence-corrected chi connectivity index (χ0v) is 11.1. The fourth-order valence-electron chi connectivity index (χ4n) is 2.11. The average Bonchev–Trinajstić information content (AvgIpc) is 2.53. The number of fused-ring (bicyclic) bond motifs is 1. The Labute approximate surface area is 124 Å². The van der Waals surface area contributed by atoms with Gasteiger partial charge in [-0.2, -0.15) is 0 Å². The number of aromatic nitrogens is 1. The lowest BCUT2D eigenvalue weighted by atomic mass is 9.97. The largest absolute Gasteiger partial charge is 0.352 e. The molecule has 1 aromatic carbocycles. The van der Waals surface area contributed by atoms with E-state index in [1.165, 1.54) is 42.6 Å². The van der Waals surface area contributed by atoms with Crippen molar-refractivity contribution >= 4 is 22.9 Å². The number of hydrogen-bond donors (Lipinski definition) is 1. The van der Waals surface area contributed by atoms with Gasteiger partial charge in [-0.3, -0.25) is 24.7 Å². The zero-order valence-electron chi connectivity index (χ0n) is 11.1. The molecule has 2 aromatic rings. The second-order valence-corrected chi connectivity index (χ2v) is 4.58. The summed E-state index contributed by atoms with van der Waals surface area (Å²) in [6, 6.07) is 8.68. The maximum Gasteiger partial charge on any atom is 0.269 e. The Bertz CT molecular complexity index is 825. The maximum atomic E-state index is 12.3. The smallest absolute Gasteiger partial charge is 0.269 e. The summed E-state index contributed by atoms with van der Waals surface area (Å²) >= 11 is 0. The molecule has 0 unspecified atom stereocenters. The molecular formula is C15H9N3O4. The fourth-order valence-corrected chi connectivity index (χ4v) is 2.11. The van der Waals surface area contributed by atoms with Crippen molar-refractivity contribution in [3.8, 4) is 0 Å². The highest BCUT2D eigenvalue weighted by molar-refractivity contribution is 6.24. The Balaban J connectivity index is 1.89. The summed E-state index contributed by atoms with van der Waals surface area (Å²) in [5.74, 6) is -0.708. The third-order valence-corrected chi connectivity index (χ3v) is 3.16. The third-order valence-electron chi connectivity index (χ3n) is 3.16. The summed E-state index contributed by atoms with van der Waals surface area (Å²) in [4.78, 5) is 38.3. The summed E-state index contributed by atoms with van der Waals surface area (Å²) in [5.41, 5.74) is 0.894. The van der Waals surface area contributed by atoms with Crippen molar-refractivity contribution in [1.29, 1.82) is 0 Å². The van der Waals surface area contributed by atoms with E-state index in [-0.39, 0.29) is 34.2 Å². The Morgan fingerprint density at radius 2 is 1.82 bits per heavy atom. The minimum absolute atomic E-state index is 0.0554. The van der Waals surface area contributed by atoms with Gasteiger partial charge >= 0.3 is 0 Å². The molecule has 0 aliphatic heterocycles. The van der Waals surface area contributed by atoms with Gasteiger partial charge in [-0.1, -0.05) is 0 Å². The van der Waals surface area contributed by atoms with Crippen LogP contribution in [0.15, 0.2) is 54.4 Å². The number of nitro benzene ring substituents is 1.